The molecular weight excluding hydrogens is 290 g/mol. The number of hydrogen-bond acceptors (Lipinski definition) is 5. The number of nitrogens with zero attached hydrogens (tertiary/aromatic N) is 2. The van der Waals surface area contributed by atoms with Gasteiger partial charge in [-0.1, -0.05) is 0 Å². The van der Waals surface area contributed by atoms with Gasteiger partial charge in [-0.2, -0.15) is 0 Å². The molecule has 1 aliphatic rings. The zero-order chi connectivity index (χ0) is 15.0. The number of ether oxygens (including phenoxy) is 1. The third-order valence-corrected chi connectivity index (χ3v) is 4.91. The van der Waals surface area contributed by atoms with Crippen LogP contribution in [0.3, 0.4) is 0 Å². The third kappa shape index (κ3) is 2.58. The SMILES string of the molecule is Cc1c(C(=O)N[C@@H]2CCCOC2)sc2ncn(C)c(=O)c12. The van der Waals surface area contributed by atoms with Gasteiger partial charge >= 0.3 is 0 Å². The zero-order valence-electron chi connectivity index (χ0n) is 12.0. The minimum Gasteiger partial charge on any atom is -0.379 e. The fourth-order valence-corrected chi connectivity index (χ4v) is 3.57. The van der Waals surface area contributed by atoms with E-state index in [0.29, 0.717) is 27.3 Å². The van der Waals surface area contributed by atoms with Crippen LogP contribution in [0.15, 0.2) is 11.1 Å². The van der Waals surface area contributed by atoms with E-state index in [2.05, 4.69) is 10.3 Å². The first-order valence-electron chi connectivity index (χ1n) is 6.91. The molecule has 0 radical (unpaired) electrons. The van der Waals surface area contributed by atoms with Crippen molar-refractivity contribution in [3.8, 4) is 0 Å². The molecular formula is C14H17N3O3S. The third-order valence-electron chi connectivity index (χ3n) is 3.71. The molecule has 1 aliphatic heterocycles. The van der Waals surface area contributed by atoms with Crippen LogP contribution in [-0.2, 0) is 11.8 Å². The van der Waals surface area contributed by atoms with Crippen molar-refractivity contribution in [2.45, 2.75) is 25.8 Å². The molecule has 112 valence electrons. The second kappa shape index (κ2) is 5.57. The van der Waals surface area contributed by atoms with Crippen molar-refractivity contribution in [3.63, 3.8) is 0 Å². The maximum Gasteiger partial charge on any atom is 0.262 e. The minimum absolute atomic E-state index is 0.0478. The van der Waals surface area contributed by atoms with E-state index in [1.54, 1.807) is 14.0 Å². The fourth-order valence-electron chi connectivity index (χ4n) is 2.53. The molecule has 3 heterocycles. The lowest BCUT2D eigenvalue weighted by Crippen LogP contribution is -2.40. The van der Waals surface area contributed by atoms with Gasteiger partial charge in [-0.15, -0.1) is 11.3 Å². The van der Waals surface area contributed by atoms with Crippen LogP contribution in [0.1, 0.15) is 28.1 Å². The standard InChI is InChI=1S/C14H17N3O3S/c1-8-10-13(15-7-17(2)14(10)19)21-11(8)12(18)16-9-4-3-5-20-6-9/h7,9H,3-6H2,1-2H3,(H,16,18)/t9-/m1/s1. The Kier molecular flexibility index (Phi) is 3.77. The highest BCUT2D eigenvalue weighted by Crippen LogP contribution is 2.26. The Morgan fingerprint density at radius 3 is 3.10 bits per heavy atom. The lowest BCUT2D eigenvalue weighted by atomic mass is 10.1. The summed E-state index contributed by atoms with van der Waals surface area (Å²) in [7, 11) is 1.66. The molecule has 1 N–H and O–H groups in total. The van der Waals surface area contributed by atoms with E-state index in [1.165, 1.54) is 22.2 Å². The van der Waals surface area contributed by atoms with Crippen molar-refractivity contribution >= 4 is 27.5 Å². The number of carbonyl (C=O) groups is 1. The summed E-state index contributed by atoms with van der Waals surface area (Å²) in [6.45, 7) is 3.11. The van der Waals surface area contributed by atoms with Gasteiger partial charge < -0.3 is 14.6 Å². The number of rotatable bonds is 2. The van der Waals surface area contributed by atoms with Gasteiger partial charge in [0.2, 0.25) is 0 Å². The van der Waals surface area contributed by atoms with Crippen molar-refractivity contribution in [2.75, 3.05) is 13.2 Å². The van der Waals surface area contributed by atoms with E-state index in [9.17, 15) is 9.59 Å². The van der Waals surface area contributed by atoms with Crippen LogP contribution in [0.5, 0.6) is 0 Å². The number of aromatic nitrogens is 2. The Bertz CT molecular complexity index is 744. The monoisotopic (exact) mass is 307 g/mol. The first kappa shape index (κ1) is 14.2. The number of aryl methyl sites for hydroxylation is 2. The van der Waals surface area contributed by atoms with Crippen molar-refractivity contribution < 1.29 is 9.53 Å². The summed E-state index contributed by atoms with van der Waals surface area (Å²) < 4.78 is 6.80. The van der Waals surface area contributed by atoms with Crippen LogP contribution in [0.4, 0.5) is 0 Å². The largest absolute Gasteiger partial charge is 0.379 e. The van der Waals surface area contributed by atoms with Gasteiger partial charge in [-0.05, 0) is 25.3 Å². The number of fused-ring (bicyclic) bond motifs is 1. The second-order valence-corrected chi connectivity index (χ2v) is 6.28. The molecule has 1 fully saturated rings. The lowest BCUT2D eigenvalue weighted by Gasteiger charge is -2.22. The van der Waals surface area contributed by atoms with Crippen LogP contribution in [0.2, 0.25) is 0 Å². The van der Waals surface area contributed by atoms with E-state index >= 15 is 0 Å². The first-order chi connectivity index (χ1) is 10.1. The van der Waals surface area contributed by atoms with E-state index in [-0.39, 0.29) is 17.5 Å². The average Bonchev–Trinajstić information content (AvgIpc) is 2.82. The molecule has 0 aliphatic carbocycles. The van der Waals surface area contributed by atoms with E-state index in [1.807, 2.05) is 0 Å². The predicted octanol–water partition coefficient (Wildman–Crippen LogP) is 1.21. The highest BCUT2D eigenvalue weighted by atomic mass is 32.1. The topological polar surface area (TPSA) is 73.2 Å². The molecule has 0 bridgehead atoms. The Labute approximate surface area is 125 Å². The maximum absolute atomic E-state index is 12.4. The number of thiophene rings is 1. The summed E-state index contributed by atoms with van der Waals surface area (Å²) in [4.78, 5) is 30.0. The molecule has 2 aromatic heterocycles. The van der Waals surface area contributed by atoms with Gasteiger partial charge in [0.25, 0.3) is 11.5 Å². The number of amides is 1. The van der Waals surface area contributed by atoms with Crippen LogP contribution in [0, 0.1) is 6.92 Å². The van der Waals surface area contributed by atoms with Gasteiger partial charge in [-0.25, -0.2) is 4.98 Å². The summed E-state index contributed by atoms with van der Waals surface area (Å²) in [5.41, 5.74) is 0.590. The van der Waals surface area contributed by atoms with Crippen LogP contribution >= 0.6 is 11.3 Å². The molecule has 21 heavy (non-hydrogen) atoms. The highest BCUT2D eigenvalue weighted by Gasteiger charge is 2.22. The molecule has 7 heteroatoms. The molecule has 0 aromatic carbocycles. The average molecular weight is 307 g/mol. The fraction of sp³-hybridized carbons (Fsp3) is 0.500. The van der Waals surface area contributed by atoms with E-state index in [4.69, 9.17) is 4.74 Å². The predicted molar refractivity (Wildman–Crippen MR) is 80.9 cm³/mol. The van der Waals surface area contributed by atoms with Gasteiger partial charge in [0.15, 0.2) is 0 Å². The Balaban J connectivity index is 1.93. The Hall–Kier alpha value is -1.73. The number of carbonyl (C=O) groups excluding carboxylic acids is 1. The molecule has 0 saturated carbocycles. The summed E-state index contributed by atoms with van der Waals surface area (Å²) in [5.74, 6) is -0.145. The number of nitrogens with one attached hydrogen (secondary N) is 1. The van der Waals surface area contributed by atoms with Crippen molar-refractivity contribution in [3.05, 3.63) is 27.1 Å². The van der Waals surface area contributed by atoms with Crippen LogP contribution in [0.25, 0.3) is 10.2 Å². The summed E-state index contributed by atoms with van der Waals surface area (Å²) in [6.07, 6.45) is 3.37. The zero-order valence-corrected chi connectivity index (χ0v) is 12.8. The van der Waals surface area contributed by atoms with Crippen LogP contribution < -0.4 is 10.9 Å². The van der Waals surface area contributed by atoms with Crippen molar-refractivity contribution in [1.82, 2.24) is 14.9 Å². The smallest absolute Gasteiger partial charge is 0.262 e. The molecule has 6 nitrogen and oxygen atoms in total. The molecule has 1 amide bonds. The number of hydrogen-bond donors (Lipinski definition) is 1. The molecule has 2 aromatic rings. The molecule has 0 spiro atoms. The Morgan fingerprint density at radius 2 is 2.38 bits per heavy atom. The molecule has 1 saturated heterocycles. The molecule has 3 rings (SSSR count). The van der Waals surface area contributed by atoms with E-state index in [0.717, 1.165) is 19.4 Å². The van der Waals surface area contributed by atoms with Crippen molar-refractivity contribution in [2.24, 2.45) is 7.05 Å². The molecule has 1 atom stereocenters. The summed E-state index contributed by atoms with van der Waals surface area (Å²) in [6, 6.07) is 0.0478. The Morgan fingerprint density at radius 1 is 1.57 bits per heavy atom. The van der Waals surface area contributed by atoms with Gasteiger partial charge in [0.1, 0.15) is 4.83 Å². The normalized spacial score (nSPS) is 18.9. The summed E-state index contributed by atoms with van der Waals surface area (Å²) in [5, 5.41) is 3.52. The highest BCUT2D eigenvalue weighted by molar-refractivity contribution is 7.20. The van der Waals surface area contributed by atoms with Gasteiger partial charge in [0, 0.05) is 13.7 Å². The first-order valence-corrected chi connectivity index (χ1v) is 7.73. The maximum atomic E-state index is 12.4. The second-order valence-electron chi connectivity index (χ2n) is 5.28. The quantitative estimate of drug-likeness (QED) is 0.905. The summed E-state index contributed by atoms with van der Waals surface area (Å²) >= 11 is 1.27. The lowest BCUT2D eigenvalue weighted by molar-refractivity contribution is 0.0625. The minimum atomic E-state index is -0.145. The molecule has 0 unspecified atom stereocenters. The van der Waals surface area contributed by atoms with Crippen LogP contribution in [-0.4, -0.2) is 34.7 Å². The van der Waals surface area contributed by atoms with Gasteiger partial charge in [0.05, 0.1) is 29.2 Å². The van der Waals surface area contributed by atoms with Gasteiger partial charge in [-0.3, -0.25) is 9.59 Å². The van der Waals surface area contributed by atoms with E-state index < -0.39 is 0 Å². The van der Waals surface area contributed by atoms with Crippen molar-refractivity contribution in [1.29, 1.82) is 0 Å².